The molecular formula is C12H23N3O2. The Morgan fingerprint density at radius 1 is 1.59 bits per heavy atom. The van der Waals surface area contributed by atoms with Gasteiger partial charge in [0.2, 0.25) is 0 Å². The van der Waals surface area contributed by atoms with E-state index < -0.39 is 0 Å². The summed E-state index contributed by atoms with van der Waals surface area (Å²) in [5.74, 6) is 0.753. The molecule has 0 spiro atoms. The molecule has 0 aromatic heterocycles. The van der Waals surface area contributed by atoms with Crippen molar-refractivity contribution in [1.29, 1.82) is 0 Å². The first-order valence-electron chi connectivity index (χ1n) is 6.41. The fraction of sp³-hybridized carbons (Fsp3) is 0.917. The van der Waals surface area contributed by atoms with Gasteiger partial charge >= 0.3 is 0 Å². The lowest BCUT2D eigenvalue weighted by Crippen LogP contribution is -2.32. The van der Waals surface area contributed by atoms with E-state index >= 15 is 0 Å². The number of nitrogens with two attached hydrogens (primary N) is 1. The molecule has 2 unspecified atom stereocenters. The zero-order valence-electron chi connectivity index (χ0n) is 10.5. The predicted octanol–water partition coefficient (Wildman–Crippen LogP) is 0.606. The van der Waals surface area contributed by atoms with Crippen molar-refractivity contribution in [3.05, 3.63) is 0 Å². The largest absolute Gasteiger partial charge is 0.409 e. The third-order valence-electron chi connectivity index (χ3n) is 4.19. The monoisotopic (exact) mass is 241 g/mol. The maximum Gasteiger partial charge on any atom is 0.139 e. The summed E-state index contributed by atoms with van der Waals surface area (Å²) in [5, 5.41) is 21.3. The van der Waals surface area contributed by atoms with Gasteiger partial charge in [-0.2, -0.15) is 0 Å². The van der Waals surface area contributed by atoms with Crippen molar-refractivity contribution >= 4 is 5.84 Å². The van der Waals surface area contributed by atoms with E-state index in [0.717, 1.165) is 26.1 Å². The number of hydrogen-bond acceptors (Lipinski definition) is 4. The Morgan fingerprint density at radius 2 is 2.29 bits per heavy atom. The Morgan fingerprint density at radius 3 is 2.76 bits per heavy atom. The van der Waals surface area contributed by atoms with Gasteiger partial charge in [0.15, 0.2) is 0 Å². The van der Waals surface area contributed by atoms with Crippen LogP contribution in [0.5, 0.6) is 0 Å². The molecular weight excluding hydrogens is 218 g/mol. The molecule has 2 rings (SSSR count). The Bertz CT molecular complexity index is 300. The summed E-state index contributed by atoms with van der Waals surface area (Å²) in [6, 6.07) is 0. The second kappa shape index (κ2) is 4.82. The molecule has 1 saturated heterocycles. The number of likely N-dealkylation sites (tertiary alicyclic amines) is 1. The summed E-state index contributed by atoms with van der Waals surface area (Å²) in [4.78, 5) is 2.41. The first-order valence-corrected chi connectivity index (χ1v) is 6.41. The SMILES string of the molecule is CC(O)C1CCN(CC2(CC(N)=NO)CC2)C1. The maximum atomic E-state index is 9.57. The van der Waals surface area contributed by atoms with Crippen LogP contribution in [0, 0.1) is 11.3 Å². The summed E-state index contributed by atoms with van der Waals surface area (Å²) in [6.45, 7) is 4.94. The van der Waals surface area contributed by atoms with E-state index in [4.69, 9.17) is 10.9 Å². The van der Waals surface area contributed by atoms with Crippen molar-refractivity contribution in [2.75, 3.05) is 19.6 Å². The Balaban J connectivity index is 1.82. The van der Waals surface area contributed by atoms with Crippen LogP contribution in [0.1, 0.15) is 32.6 Å². The minimum Gasteiger partial charge on any atom is -0.409 e. The number of oxime groups is 1. The van der Waals surface area contributed by atoms with E-state index in [2.05, 4.69) is 10.1 Å². The molecule has 1 aliphatic heterocycles. The van der Waals surface area contributed by atoms with E-state index in [0.29, 0.717) is 18.2 Å². The van der Waals surface area contributed by atoms with Gasteiger partial charge in [0.25, 0.3) is 0 Å². The van der Waals surface area contributed by atoms with E-state index in [-0.39, 0.29) is 11.5 Å². The molecule has 1 aliphatic carbocycles. The number of aliphatic hydroxyl groups excluding tert-OH is 1. The van der Waals surface area contributed by atoms with Crippen LogP contribution >= 0.6 is 0 Å². The van der Waals surface area contributed by atoms with Crippen molar-refractivity contribution in [2.24, 2.45) is 22.2 Å². The fourth-order valence-electron chi connectivity index (χ4n) is 2.86. The molecule has 4 N–H and O–H groups in total. The highest BCUT2D eigenvalue weighted by Crippen LogP contribution is 2.49. The molecule has 1 heterocycles. The van der Waals surface area contributed by atoms with Gasteiger partial charge in [-0.25, -0.2) is 0 Å². The smallest absolute Gasteiger partial charge is 0.139 e. The molecule has 17 heavy (non-hydrogen) atoms. The van der Waals surface area contributed by atoms with E-state index in [1.165, 1.54) is 12.8 Å². The second-order valence-electron chi connectivity index (χ2n) is 5.79. The molecule has 98 valence electrons. The lowest BCUT2D eigenvalue weighted by Gasteiger charge is -2.23. The van der Waals surface area contributed by atoms with Gasteiger partial charge in [-0.15, -0.1) is 0 Å². The first kappa shape index (κ1) is 12.6. The standard InChI is InChI=1S/C12H23N3O2/c1-9(16)10-2-5-15(7-10)8-12(3-4-12)6-11(13)14-17/h9-10,16-17H,2-8H2,1H3,(H2,13,14). The molecule has 1 saturated carbocycles. The third-order valence-corrected chi connectivity index (χ3v) is 4.19. The minimum absolute atomic E-state index is 0.209. The van der Waals surface area contributed by atoms with E-state index in [1.54, 1.807) is 0 Å². The zero-order chi connectivity index (χ0) is 12.5. The molecule has 0 aromatic rings. The third kappa shape index (κ3) is 3.10. The summed E-state index contributed by atoms with van der Waals surface area (Å²) < 4.78 is 0. The summed E-state index contributed by atoms with van der Waals surface area (Å²) in [7, 11) is 0. The van der Waals surface area contributed by atoms with Gasteiger partial charge in [-0.1, -0.05) is 5.16 Å². The molecule has 0 amide bonds. The molecule has 2 fully saturated rings. The average molecular weight is 241 g/mol. The van der Waals surface area contributed by atoms with Crippen LogP contribution in [-0.2, 0) is 0 Å². The van der Waals surface area contributed by atoms with Gasteiger partial charge in [0.05, 0.1) is 6.10 Å². The van der Waals surface area contributed by atoms with E-state index in [1.807, 2.05) is 6.92 Å². The highest BCUT2D eigenvalue weighted by molar-refractivity contribution is 5.80. The van der Waals surface area contributed by atoms with Crippen LogP contribution in [-0.4, -0.2) is 46.8 Å². The lowest BCUT2D eigenvalue weighted by atomic mass is 10.0. The first-order chi connectivity index (χ1) is 8.04. The lowest BCUT2D eigenvalue weighted by molar-refractivity contribution is 0.125. The van der Waals surface area contributed by atoms with Gasteiger partial charge in [-0.3, -0.25) is 0 Å². The topological polar surface area (TPSA) is 82.1 Å². The van der Waals surface area contributed by atoms with Gasteiger partial charge in [-0.05, 0) is 44.1 Å². The Hall–Kier alpha value is -0.810. The summed E-state index contributed by atoms with van der Waals surface area (Å²) in [6.07, 6.45) is 3.90. The van der Waals surface area contributed by atoms with Gasteiger partial charge in [0, 0.05) is 19.5 Å². The quantitative estimate of drug-likeness (QED) is 0.285. The molecule has 0 bridgehead atoms. The van der Waals surface area contributed by atoms with E-state index in [9.17, 15) is 5.11 Å². The van der Waals surface area contributed by atoms with Gasteiger partial charge in [0.1, 0.15) is 5.84 Å². The number of amidine groups is 1. The van der Waals surface area contributed by atoms with Crippen molar-refractivity contribution in [2.45, 2.75) is 38.7 Å². The van der Waals surface area contributed by atoms with Crippen LogP contribution < -0.4 is 5.73 Å². The molecule has 0 aromatic carbocycles. The number of aliphatic hydroxyl groups is 1. The normalized spacial score (nSPS) is 30.5. The zero-order valence-corrected chi connectivity index (χ0v) is 10.5. The average Bonchev–Trinajstić information content (AvgIpc) is 2.86. The summed E-state index contributed by atoms with van der Waals surface area (Å²) >= 11 is 0. The Kier molecular flexibility index (Phi) is 3.58. The van der Waals surface area contributed by atoms with Crippen LogP contribution in [0.4, 0.5) is 0 Å². The second-order valence-corrected chi connectivity index (χ2v) is 5.79. The highest BCUT2D eigenvalue weighted by Gasteiger charge is 2.45. The van der Waals surface area contributed by atoms with Crippen molar-refractivity contribution < 1.29 is 10.3 Å². The van der Waals surface area contributed by atoms with Crippen LogP contribution in [0.2, 0.25) is 0 Å². The van der Waals surface area contributed by atoms with Crippen LogP contribution in [0.25, 0.3) is 0 Å². The highest BCUT2D eigenvalue weighted by atomic mass is 16.4. The van der Waals surface area contributed by atoms with Crippen molar-refractivity contribution in [3.8, 4) is 0 Å². The Labute approximate surface area is 102 Å². The maximum absolute atomic E-state index is 9.57. The fourth-order valence-corrected chi connectivity index (χ4v) is 2.86. The van der Waals surface area contributed by atoms with Crippen molar-refractivity contribution in [3.63, 3.8) is 0 Å². The predicted molar refractivity (Wildman–Crippen MR) is 65.9 cm³/mol. The molecule has 2 atom stereocenters. The molecule has 2 aliphatic rings. The number of rotatable bonds is 5. The van der Waals surface area contributed by atoms with Crippen molar-refractivity contribution in [1.82, 2.24) is 4.90 Å². The van der Waals surface area contributed by atoms with Crippen LogP contribution in [0.3, 0.4) is 0 Å². The molecule has 0 radical (unpaired) electrons. The van der Waals surface area contributed by atoms with Gasteiger partial charge < -0.3 is 20.9 Å². The number of hydrogen-bond donors (Lipinski definition) is 3. The minimum atomic E-state index is -0.209. The van der Waals surface area contributed by atoms with Crippen LogP contribution in [0.15, 0.2) is 5.16 Å². The summed E-state index contributed by atoms with van der Waals surface area (Å²) in [5.41, 5.74) is 5.83. The molecule has 5 nitrogen and oxygen atoms in total. The molecule has 5 heteroatoms. The number of nitrogens with zero attached hydrogens (tertiary/aromatic N) is 2.